The SMILES string of the molecule is BrC1=NO[C@H](c2ccncc2)C1. The number of aromatic nitrogens is 1. The highest BCUT2D eigenvalue weighted by Crippen LogP contribution is 2.28. The Hall–Kier alpha value is -0.900. The molecule has 0 fully saturated rings. The van der Waals surface area contributed by atoms with Crippen molar-refractivity contribution in [1.82, 2.24) is 4.98 Å². The van der Waals surface area contributed by atoms with Crippen LogP contribution in [0.3, 0.4) is 0 Å². The summed E-state index contributed by atoms with van der Waals surface area (Å²) in [6.07, 6.45) is 4.38. The van der Waals surface area contributed by atoms with Gasteiger partial charge in [0.2, 0.25) is 0 Å². The first-order chi connectivity index (χ1) is 5.86. The standard InChI is InChI=1S/C8H7BrN2O/c9-8-5-7(12-11-8)6-1-3-10-4-2-6/h1-4,7H,5H2/t7-/m0/s1. The number of rotatable bonds is 1. The monoisotopic (exact) mass is 226 g/mol. The van der Waals surface area contributed by atoms with Gasteiger partial charge in [0.25, 0.3) is 0 Å². The molecule has 0 aromatic carbocycles. The molecule has 62 valence electrons. The Bertz CT molecular complexity index is 299. The molecule has 2 rings (SSSR count). The molecule has 0 saturated carbocycles. The van der Waals surface area contributed by atoms with Gasteiger partial charge in [0.1, 0.15) is 4.62 Å². The maximum atomic E-state index is 5.16. The lowest BCUT2D eigenvalue weighted by Crippen LogP contribution is -1.96. The largest absolute Gasteiger partial charge is 0.386 e. The molecule has 0 amide bonds. The summed E-state index contributed by atoms with van der Waals surface area (Å²) in [7, 11) is 0. The second-order valence-electron chi connectivity index (χ2n) is 2.55. The molecule has 0 aliphatic carbocycles. The van der Waals surface area contributed by atoms with E-state index in [-0.39, 0.29) is 6.10 Å². The highest BCUT2D eigenvalue weighted by atomic mass is 79.9. The van der Waals surface area contributed by atoms with Gasteiger partial charge in [-0.15, -0.1) is 0 Å². The summed E-state index contributed by atoms with van der Waals surface area (Å²) in [6.45, 7) is 0. The molecule has 1 aliphatic heterocycles. The number of pyridine rings is 1. The van der Waals surface area contributed by atoms with Crippen LogP contribution in [0, 0.1) is 0 Å². The first-order valence-corrected chi connectivity index (χ1v) is 4.43. The molecule has 12 heavy (non-hydrogen) atoms. The number of oxime groups is 1. The van der Waals surface area contributed by atoms with Gasteiger partial charge in [0.05, 0.1) is 0 Å². The van der Waals surface area contributed by atoms with Gasteiger partial charge in [-0.2, -0.15) is 0 Å². The Balaban J connectivity index is 2.14. The van der Waals surface area contributed by atoms with Crippen molar-refractivity contribution in [2.45, 2.75) is 12.5 Å². The third-order valence-electron chi connectivity index (χ3n) is 1.71. The van der Waals surface area contributed by atoms with Gasteiger partial charge in [-0.3, -0.25) is 4.98 Å². The highest BCUT2D eigenvalue weighted by molar-refractivity contribution is 9.18. The molecule has 4 heteroatoms. The maximum Gasteiger partial charge on any atom is 0.158 e. The molecule has 0 saturated heterocycles. The van der Waals surface area contributed by atoms with Crippen LogP contribution in [0.15, 0.2) is 29.7 Å². The summed E-state index contributed by atoms with van der Waals surface area (Å²) in [5.41, 5.74) is 1.11. The summed E-state index contributed by atoms with van der Waals surface area (Å²) in [5, 5.41) is 3.81. The van der Waals surface area contributed by atoms with Crippen molar-refractivity contribution in [2.24, 2.45) is 5.16 Å². The second-order valence-corrected chi connectivity index (χ2v) is 3.46. The lowest BCUT2D eigenvalue weighted by atomic mass is 10.1. The number of hydrogen-bond acceptors (Lipinski definition) is 3. The summed E-state index contributed by atoms with van der Waals surface area (Å²) in [4.78, 5) is 9.10. The molecule has 0 spiro atoms. The predicted molar refractivity (Wildman–Crippen MR) is 49.0 cm³/mol. The van der Waals surface area contributed by atoms with Crippen molar-refractivity contribution in [3.8, 4) is 0 Å². The van der Waals surface area contributed by atoms with Gasteiger partial charge in [0.15, 0.2) is 6.10 Å². The van der Waals surface area contributed by atoms with Crippen LogP contribution in [-0.2, 0) is 4.84 Å². The topological polar surface area (TPSA) is 34.5 Å². The van der Waals surface area contributed by atoms with Crippen molar-refractivity contribution in [1.29, 1.82) is 0 Å². The van der Waals surface area contributed by atoms with Crippen LogP contribution in [-0.4, -0.2) is 9.60 Å². The van der Waals surface area contributed by atoms with Crippen molar-refractivity contribution < 1.29 is 4.84 Å². The van der Waals surface area contributed by atoms with Crippen LogP contribution >= 0.6 is 15.9 Å². The van der Waals surface area contributed by atoms with E-state index >= 15 is 0 Å². The van der Waals surface area contributed by atoms with Crippen LogP contribution in [0.2, 0.25) is 0 Å². The lowest BCUT2D eigenvalue weighted by molar-refractivity contribution is 0.0857. The van der Waals surface area contributed by atoms with Crippen LogP contribution in [0.5, 0.6) is 0 Å². The van der Waals surface area contributed by atoms with E-state index in [0.29, 0.717) is 0 Å². The van der Waals surface area contributed by atoms with E-state index in [9.17, 15) is 0 Å². The molecule has 1 atom stereocenters. The fourth-order valence-electron chi connectivity index (χ4n) is 1.11. The van der Waals surface area contributed by atoms with Crippen LogP contribution in [0.1, 0.15) is 18.1 Å². The Morgan fingerprint density at radius 1 is 1.42 bits per heavy atom. The molecule has 1 aromatic heterocycles. The fourth-order valence-corrected chi connectivity index (χ4v) is 1.48. The Kier molecular flexibility index (Phi) is 2.08. The van der Waals surface area contributed by atoms with Gasteiger partial charge in [0, 0.05) is 18.8 Å². The molecule has 0 N–H and O–H groups in total. The van der Waals surface area contributed by atoms with E-state index in [0.717, 1.165) is 16.6 Å². The third kappa shape index (κ3) is 1.48. The number of nitrogens with zero attached hydrogens (tertiary/aromatic N) is 2. The van der Waals surface area contributed by atoms with Crippen molar-refractivity contribution >= 4 is 20.6 Å². The normalized spacial score (nSPS) is 21.8. The minimum absolute atomic E-state index is 0.0578. The number of hydrogen-bond donors (Lipinski definition) is 0. The van der Waals surface area contributed by atoms with Gasteiger partial charge in [-0.1, -0.05) is 5.16 Å². The summed E-state index contributed by atoms with van der Waals surface area (Å²) in [5.74, 6) is 0. The zero-order valence-corrected chi connectivity index (χ0v) is 7.86. The third-order valence-corrected chi connectivity index (χ3v) is 2.18. The molecule has 1 aromatic rings. The quantitative estimate of drug-likeness (QED) is 0.737. The molecule has 3 nitrogen and oxygen atoms in total. The molecular weight excluding hydrogens is 220 g/mol. The van der Waals surface area contributed by atoms with E-state index in [1.54, 1.807) is 12.4 Å². The fraction of sp³-hybridized carbons (Fsp3) is 0.250. The van der Waals surface area contributed by atoms with Gasteiger partial charge in [-0.25, -0.2) is 0 Å². The van der Waals surface area contributed by atoms with Crippen molar-refractivity contribution in [3.05, 3.63) is 30.1 Å². The molecule has 0 unspecified atom stereocenters. The highest BCUT2D eigenvalue weighted by Gasteiger charge is 2.20. The van der Waals surface area contributed by atoms with Gasteiger partial charge in [-0.05, 0) is 33.6 Å². The van der Waals surface area contributed by atoms with E-state index in [1.807, 2.05) is 12.1 Å². The summed E-state index contributed by atoms with van der Waals surface area (Å²) >= 11 is 3.29. The lowest BCUT2D eigenvalue weighted by Gasteiger charge is -2.06. The molecule has 0 bridgehead atoms. The van der Waals surface area contributed by atoms with E-state index in [4.69, 9.17) is 4.84 Å². The smallest absolute Gasteiger partial charge is 0.158 e. The Morgan fingerprint density at radius 2 is 2.17 bits per heavy atom. The van der Waals surface area contributed by atoms with E-state index in [1.165, 1.54) is 0 Å². The molecule has 2 heterocycles. The maximum absolute atomic E-state index is 5.16. The first kappa shape index (κ1) is 7.73. The first-order valence-electron chi connectivity index (χ1n) is 3.64. The summed E-state index contributed by atoms with van der Waals surface area (Å²) in [6, 6.07) is 3.87. The Morgan fingerprint density at radius 3 is 2.75 bits per heavy atom. The van der Waals surface area contributed by atoms with Gasteiger partial charge < -0.3 is 4.84 Å². The van der Waals surface area contributed by atoms with E-state index < -0.39 is 0 Å². The average Bonchev–Trinajstić information content (AvgIpc) is 2.54. The van der Waals surface area contributed by atoms with Gasteiger partial charge >= 0.3 is 0 Å². The van der Waals surface area contributed by atoms with Crippen molar-refractivity contribution in [2.75, 3.05) is 0 Å². The minimum Gasteiger partial charge on any atom is -0.386 e. The van der Waals surface area contributed by atoms with Crippen LogP contribution in [0.25, 0.3) is 0 Å². The predicted octanol–water partition coefficient (Wildman–Crippen LogP) is 2.25. The minimum atomic E-state index is 0.0578. The average molecular weight is 227 g/mol. The molecule has 0 radical (unpaired) electrons. The molecular formula is C8H7BrN2O. The van der Waals surface area contributed by atoms with Crippen molar-refractivity contribution in [3.63, 3.8) is 0 Å². The van der Waals surface area contributed by atoms with Crippen LogP contribution in [0.4, 0.5) is 0 Å². The molecule has 1 aliphatic rings. The second kappa shape index (κ2) is 3.23. The van der Waals surface area contributed by atoms with Crippen LogP contribution < -0.4 is 0 Å². The van der Waals surface area contributed by atoms with E-state index in [2.05, 4.69) is 26.1 Å². The zero-order chi connectivity index (χ0) is 8.39. The number of halogens is 1. The Labute approximate surface area is 78.6 Å². The summed E-state index contributed by atoms with van der Waals surface area (Å²) < 4.78 is 0.865. The zero-order valence-electron chi connectivity index (χ0n) is 6.27.